The highest BCUT2D eigenvalue weighted by atomic mass is 15.0. The van der Waals surface area contributed by atoms with Gasteiger partial charge in [-0.25, -0.2) is 0 Å². The number of nitrogens with two attached hydrogens (primary N) is 1. The lowest BCUT2D eigenvalue weighted by atomic mass is 9.90. The van der Waals surface area contributed by atoms with Crippen molar-refractivity contribution in [3.05, 3.63) is 235 Å². The zero-order chi connectivity index (χ0) is 42.6. The lowest BCUT2D eigenvalue weighted by Crippen LogP contribution is -2.13. The standard InChI is InChI=1S/C38H25N3.C19H16.CH3N/c39-23-24-19-26(21-27(20-24)41-36-15-7-5-13-33(36)34-14-6-8-16-37(34)41)38(40)25-17-18-32-30-11-2-1-9-28(30)29-10-3-4-12-31(29)35(32)22-25;1-15-8-7-11-17(14-15)19-13-6-5-12-18(19)16-9-3-2-4-10-16;1-2/h1-22,38H,40H2;2-14H,1H3;2H,1H2. The number of rotatable bonds is 5. The summed E-state index contributed by atoms with van der Waals surface area (Å²) >= 11 is 0. The van der Waals surface area contributed by atoms with E-state index >= 15 is 0 Å². The molecule has 0 saturated carbocycles. The summed E-state index contributed by atoms with van der Waals surface area (Å²) in [7, 11) is 0. The van der Waals surface area contributed by atoms with E-state index in [1.165, 1.54) is 70.9 Å². The first kappa shape index (κ1) is 39.4. The number of benzene rings is 10. The smallest absolute Gasteiger partial charge is 0.0992 e. The maximum absolute atomic E-state index is 10.0. The molecule has 0 aliphatic carbocycles. The molecular formula is C58H44N4. The average molecular weight is 797 g/mol. The Balaban J connectivity index is 0.000000195. The second-order valence-corrected chi connectivity index (χ2v) is 15.4. The molecule has 4 heteroatoms. The Morgan fingerprint density at radius 3 is 1.52 bits per heavy atom. The molecule has 4 nitrogen and oxygen atoms in total. The molecular weight excluding hydrogens is 753 g/mol. The largest absolute Gasteiger partial charge is 0.320 e. The molecule has 296 valence electrons. The van der Waals surface area contributed by atoms with Gasteiger partial charge in [0.15, 0.2) is 0 Å². The fourth-order valence-corrected chi connectivity index (χ4v) is 8.94. The van der Waals surface area contributed by atoms with Crippen LogP contribution >= 0.6 is 0 Å². The van der Waals surface area contributed by atoms with Gasteiger partial charge in [0.05, 0.1) is 28.7 Å². The summed E-state index contributed by atoms with van der Waals surface area (Å²) in [6, 6.07) is 76.3. The van der Waals surface area contributed by atoms with Crippen molar-refractivity contribution in [3.63, 3.8) is 0 Å². The van der Waals surface area contributed by atoms with Gasteiger partial charge in [-0.1, -0.05) is 181 Å². The van der Waals surface area contributed by atoms with E-state index in [9.17, 15) is 5.26 Å². The van der Waals surface area contributed by atoms with Gasteiger partial charge < -0.3 is 15.7 Å². The van der Waals surface area contributed by atoms with Gasteiger partial charge in [0, 0.05) is 16.5 Å². The normalized spacial score (nSPS) is 11.4. The van der Waals surface area contributed by atoms with Crippen LogP contribution in [-0.2, 0) is 0 Å². The summed E-state index contributed by atoms with van der Waals surface area (Å²) in [5, 5.41) is 25.2. The van der Waals surface area contributed by atoms with Crippen LogP contribution in [0.5, 0.6) is 0 Å². The predicted molar refractivity (Wildman–Crippen MR) is 262 cm³/mol. The molecule has 0 spiro atoms. The van der Waals surface area contributed by atoms with Gasteiger partial charge in [0.1, 0.15) is 0 Å². The van der Waals surface area contributed by atoms with E-state index < -0.39 is 6.04 Å². The van der Waals surface area contributed by atoms with Crippen molar-refractivity contribution in [1.29, 1.82) is 10.7 Å². The Morgan fingerprint density at radius 2 is 0.935 bits per heavy atom. The molecule has 0 aliphatic rings. The van der Waals surface area contributed by atoms with E-state index in [0.717, 1.165) is 27.8 Å². The summed E-state index contributed by atoms with van der Waals surface area (Å²) in [6.07, 6.45) is 0. The van der Waals surface area contributed by atoms with Crippen LogP contribution in [0.3, 0.4) is 0 Å². The molecule has 1 atom stereocenters. The topological polar surface area (TPSA) is 78.6 Å². The summed E-state index contributed by atoms with van der Waals surface area (Å²) < 4.78 is 2.24. The Kier molecular flexibility index (Phi) is 10.9. The third-order valence-corrected chi connectivity index (χ3v) is 11.7. The minimum Gasteiger partial charge on any atom is -0.320 e. The molecule has 62 heavy (non-hydrogen) atoms. The van der Waals surface area contributed by atoms with E-state index in [1.54, 1.807) is 0 Å². The van der Waals surface area contributed by atoms with E-state index in [4.69, 9.17) is 11.1 Å². The number of hydrogen-bond donors (Lipinski definition) is 2. The molecule has 0 radical (unpaired) electrons. The monoisotopic (exact) mass is 796 g/mol. The first-order valence-electron chi connectivity index (χ1n) is 20.7. The molecule has 1 heterocycles. The molecule has 3 N–H and O–H groups in total. The van der Waals surface area contributed by atoms with Crippen molar-refractivity contribution in [1.82, 2.24) is 4.57 Å². The summed E-state index contributed by atoms with van der Waals surface area (Å²) in [4.78, 5) is 0. The molecule has 0 bridgehead atoms. The fraction of sp³-hybridized carbons (Fsp3) is 0.0345. The van der Waals surface area contributed by atoms with Crippen LogP contribution in [0.4, 0.5) is 0 Å². The highest BCUT2D eigenvalue weighted by Gasteiger charge is 2.18. The third kappa shape index (κ3) is 7.28. The van der Waals surface area contributed by atoms with Crippen molar-refractivity contribution in [2.75, 3.05) is 0 Å². The molecule has 0 fully saturated rings. The fourth-order valence-electron chi connectivity index (χ4n) is 8.94. The van der Waals surface area contributed by atoms with Crippen molar-refractivity contribution >= 4 is 60.8 Å². The Bertz CT molecular complexity index is 3360. The Morgan fingerprint density at radius 1 is 0.452 bits per heavy atom. The molecule has 11 rings (SSSR count). The number of fused-ring (bicyclic) bond motifs is 9. The number of para-hydroxylation sites is 2. The maximum atomic E-state index is 10.0. The van der Waals surface area contributed by atoms with E-state index in [2.05, 4.69) is 224 Å². The summed E-state index contributed by atoms with van der Waals surface area (Å²) in [5.74, 6) is 0. The number of nitrogens with one attached hydrogen (secondary N) is 1. The minimum atomic E-state index is -0.398. The van der Waals surface area contributed by atoms with E-state index in [-0.39, 0.29) is 0 Å². The quantitative estimate of drug-likeness (QED) is 0.134. The number of nitrogens with zero attached hydrogens (tertiary/aromatic N) is 2. The van der Waals surface area contributed by atoms with Crippen LogP contribution in [0.2, 0.25) is 0 Å². The van der Waals surface area contributed by atoms with Crippen LogP contribution in [-0.4, -0.2) is 11.3 Å². The molecule has 0 aliphatic heterocycles. The van der Waals surface area contributed by atoms with E-state index in [1.807, 2.05) is 12.1 Å². The molecule has 0 saturated heterocycles. The van der Waals surface area contributed by atoms with Crippen molar-refractivity contribution in [2.45, 2.75) is 13.0 Å². The third-order valence-electron chi connectivity index (χ3n) is 11.7. The summed E-state index contributed by atoms with van der Waals surface area (Å²) in [5.41, 5.74) is 19.1. The van der Waals surface area contributed by atoms with Crippen LogP contribution < -0.4 is 5.73 Å². The zero-order valence-electron chi connectivity index (χ0n) is 34.5. The number of aromatic nitrogens is 1. The Hall–Kier alpha value is -8.10. The van der Waals surface area contributed by atoms with Crippen LogP contribution in [0.25, 0.3) is 82.1 Å². The molecule has 1 aromatic heterocycles. The minimum absolute atomic E-state index is 0.398. The van der Waals surface area contributed by atoms with Crippen LogP contribution in [0, 0.1) is 23.7 Å². The lowest BCUT2D eigenvalue weighted by Gasteiger charge is -2.18. The van der Waals surface area contributed by atoms with Crippen molar-refractivity contribution in [3.8, 4) is 34.0 Å². The van der Waals surface area contributed by atoms with Gasteiger partial charge in [-0.05, 0) is 116 Å². The molecule has 1 unspecified atom stereocenters. The predicted octanol–water partition coefficient (Wildman–Crippen LogP) is 14.8. The van der Waals surface area contributed by atoms with Gasteiger partial charge in [0.2, 0.25) is 0 Å². The van der Waals surface area contributed by atoms with E-state index in [0.29, 0.717) is 5.56 Å². The lowest BCUT2D eigenvalue weighted by molar-refractivity contribution is 0.870. The van der Waals surface area contributed by atoms with Crippen LogP contribution in [0.1, 0.15) is 28.3 Å². The first-order chi connectivity index (χ1) is 30.6. The van der Waals surface area contributed by atoms with Gasteiger partial charge in [-0.2, -0.15) is 5.26 Å². The van der Waals surface area contributed by atoms with Gasteiger partial charge in [-0.15, -0.1) is 0 Å². The molecule has 11 aromatic rings. The summed E-state index contributed by atoms with van der Waals surface area (Å²) in [6.45, 7) is 4.63. The zero-order valence-corrected chi connectivity index (χ0v) is 34.5. The second-order valence-electron chi connectivity index (χ2n) is 15.4. The Labute approximate surface area is 361 Å². The molecule has 0 amide bonds. The van der Waals surface area contributed by atoms with Crippen molar-refractivity contribution in [2.24, 2.45) is 5.73 Å². The van der Waals surface area contributed by atoms with Gasteiger partial charge in [-0.3, -0.25) is 0 Å². The molecule has 10 aromatic carbocycles. The highest BCUT2D eigenvalue weighted by Crippen LogP contribution is 2.38. The van der Waals surface area contributed by atoms with Crippen LogP contribution in [0.15, 0.2) is 212 Å². The number of hydrogen-bond acceptors (Lipinski definition) is 3. The number of aryl methyl sites for hydroxylation is 1. The van der Waals surface area contributed by atoms with Gasteiger partial charge in [0.25, 0.3) is 0 Å². The van der Waals surface area contributed by atoms with Gasteiger partial charge >= 0.3 is 0 Å². The number of nitriles is 1. The average Bonchev–Trinajstić information content (AvgIpc) is 3.69. The second kappa shape index (κ2) is 17.2. The highest BCUT2D eigenvalue weighted by molar-refractivity contribution is 6.25. The first-order valence-corrected chi connectivity index (χ1v) is 20.7. The SMILES string of the molecule is C=N.Cc1cccc(-c2ccccc2-c2ccccc2)c1.N#Cc1cc(C(N)c2ccc3c4ccccc4c4ccccc4c3c2)cc(-n2c3ccccc3c3ccccc32)c1. The maximum Gasteiger partial charge on any atom is 0.0992 e. The van der Waals surface area contributed by atoms with Crippen molar-refractivity contribution < 1.29 is 0 Å².